The van der Waals surface area contributed by atoms with Gasteiger partial charge in [0.1, 0.15) is 11.6 Å². The lowest BCUT2D eigenvalue weighted by atomic mass is 9.70. The molecule has 0 amide bonds. The quantitative estimate of drug-likeness (QED) is 0.124. The third-order valence-corrected chi connectivity index (χ3v) is 11.9. The van der Waals surface area contributed by atoms with Crippen LogP contribution in [0.5, 0.6) is 0 Å². The number of nitrogens with two attached hydrogens (primary N) is 4. The van der Waals surface area contributed by atoms with E-state index in [4.69, 9.17) is 22.9 Å². The number of carbonyl (C=O) groups excluding carboxylic acids is 2. The molecule has 8 N–H and O–H groups in total. The topological polar surface area (TPSA) is 259 Å². The first kappa shape index (κ1) is 37.7. The minimum atomic E-state index is -4.33. The van der Waals surface area contributed by atoms with Gasteiger partial charge >= 0.3 is 11.9 Å². The van der Waals surface area contributed by atoms with Crippen LogP contribution < -0.4 is 22.9 Å². The molecule has 0 aromatic carbocycles. The molecule has 4 fully saturated rings. The lowest BCUT2D eigenvalue weighted by Gasteiger charge is -2.37. The molecule has 4 aliphatic carbocycles. The molecular formula is C26H50N6O8S2. The van der Waals surface area contributed by atoms with Gasteiger partial charge in [0.15, 0.2) is 0 Å². The van der Waals surface area contributed by atoms with Crippen molar-refractivity contribution >= 4 is 43.7 Å². The summed E-state index contributed by atoms with van der Waals surface area (Å²) >= 11 is 0. The van der Waals surface area contributed by atoms with Crippen LogP contribution in [-0.4, -0.2) is 98.3 Å². The Balaban J connectivity index is 0.000000307. The number of Topliss-reactive ketones (excluding diaryl/α,β-unsaturated/α-hetero) is 2. The molecule has 0 spiro atoms. The van der Waals surface area contributed by atoms with Gasteiger partial charge in [-0.1, -0.05) is 27.7 Å². The van der Waals surface area contributed by atoms with Crippen LogP contribution in [0.1, 0.15) is 66.2 Å². The summed E-state index contributed by atoms with van der Waals surface area (Å²) in [6.07, 6.45) is 3.75. The van der Waals surface area contributed by atoms with Crippen molar-refractivity contribution in [1.82, 2.24) is 0 Å². The Morgan fingerprint density at radius 1 is 0.690 bits per heavy atom. The maximum absolute atomic E-state index is 11.8. The summed E-state index contributed by atoms with van der Waals surface area (Å²) in [5.74, 6) is 0.125. The molecule has 0 unspecified atom stereocenters. The zero-order valence-electron chi connectivity index (χ0n) is 26.1. The van der Waals surface area contributed by atoms with Gasteiger partial charge in [-0.2, -0.15) is 0 Å². The Labute approximate surface area is 250 Å². The molecule has 0 radical (unpaired) electrons. The van der Waals surface area contributed by atoms with Crippen molar-refractivity contribution in [3.8, 4) is 0 Å². The van der Waals surface area contributed by atoms with Crippen molar-refractivity contribution in [1.29, 1.82) is 0 Å². The van der Waals surface area contributed by atoms with E-state index in [0.717, 1.165) is 12.8 Å². The van der Waals surface area contributed by atoms with Gasteiger partial charge in [0.05, 0.1) is 59.9 Å². The van der Waals surface area contributed by atoms with E-state index >= 15 is 0 Å². The normalized spacial score (nSPS) is 29.8. The second-order valence-electron chi connectivity index (χ2n) is 13.4. The smallest absolute Gasteiger partial charge is 0.340 e. The molecule has 0 aromatic rings. The minimum absolute atomic E-state index is 0.0248. The monoisotopic (exact) mass is 638 g/mol. The molecule has 244 valence electrons. The summed E-state index contributed by atoms with van der Waals surface area (Å²) in [6, 6.07) is 0. The Bertz CT molecular complexity index is 1200. The number of ketones is 2. The largest absolute Gasteiger partial charge is 0.748 e. The van der Waals surface area contributed by atoms with Gasteiger partial charge in [-0.25, -0.2) is 16.8 Å². The van der Waals surface area contributed by atoms with Crippen LogP contribution in [0.4, 0.5) is 0 Å². The number of carbonyl (C=O) groups is 2. The van der Waals surface area contributed by atoms with Crippen molar-refractivity contribution in [2.75, 3.05) is 39.7 Å². The van der Waals surface area contributed by atoms with Crippen LogP contribution in [0.25, 0.3) is 0 Å². The predicted molar refractivity (Wildman–Crippen MR) is 157 cm³/mol. The van der Waals surface area contributed by atoms with Crippen LogP contribution in [0.3, 0.4) is 0 Å². The summed E-state index contributed by atoms with van der Waals surface area (Å²) in [7, 11) is -1.50. The third kappa shape index (κ3) is 7.99. The summed E-state index contributed by atoms with van der Waals surface area (Å²) in [4.78, 5) is 23.7. The van der Waals surface area contributed by atoms with E-state index < -0.39 is 42.6 Å². The van der Waals surface area contributed by atoms with Gasteiger partial charge in [-0.15, -0.1) is 0 Å². The van der Waals surface area contributed by atoms with Crippen LogP contribution in [0.15, 0.2) is 0 Å². The average Bonchev–Trinajstić information content (AvgIpc) is 3.31. The first-order valence-electron chi connectivity index (χ1n) is 13.7. The molecule has 14 nitrogen and oxygen atoms in total. The Morgan fingerprint density at radius 2 is 0.929 bits per heavy atom. The fraction of sp³-hybridized carbons (Fsp3) is 0.846. The lowest BCUT2D eigenvalue weighted by Crippen LogP contribution is -2.42. The van der Waals surface area contributed by atoms with E-state index in [-0.39, 0.29) is 34.2 Å². The van der Waals surface area contributed by atoms with Crippen molar-refractivity contribution in [3.63, 3.8) is 0 Å². The van der Waals surface area contributed by atoms with Crippen LogP contribution in [-0.2, 0) is 29.8 Å². The molecule has 0 aliphatic heterocycles. The number of fused-ring (bicyclic) bond motifs is 4. The average molecular weight is 639 g/mol. The zero-order chi connectivity index (χ0) is 33.3. The maximum Gasteiger partial charge on any atom is 0.340 e. The molecule has 4 atom stereocenters. The molecule has 0 saturated heterocycles. The SMILES string of the molecule is CC1(C)[C@@H]2CC[C@@]1(CS(=O)(=O)[O-])C(=O)C2.CC1(C)[C@@H]2CC[C@@]1(CS(=O)(=O)[O-])C(=O)C2.C[N+](C)=C(N)N.C[N+](C)=C(N)N. The predicted octanol–water partition coefficient (Wildman–Crippen LogP) is -1.08. The molecule has 0 aromatic heterocycles. The summed E-state index contributed by atoms with van der Waals surface area (Å²) in [6.45, 7) is 7.67. The van der Waals surface area contributed by atoms with Gasteiger partial charge in [-0.05, 0) is 48.3 Å². The van der Waals surface area contributed by atoms with Gasteiger partial charge in [0, 0.05) is 23.7 Å². The second-order valence-corrected chi connectivity index (χ2v) is 16.2. The molecule has 4 rings (SSSR count). The van der Waals surface area contributed by atoms with Crippen LogP contribution in [0, 0.1) is 33.5 Å². The fourth-order valence-electron chi connectivity index (χ4n) is 6.82. The van der Waals surface area contributed by atoms with Gasteiger partial charge in [0.25, 0.3) is 0 Å². The standard InChI is InChI=1S/2C10H16O4S.2C3H9N3/c2*1-9(2)7-3-4-10(9,8(11)5-7)6-15(12,13)14;2*1-6(2)3(4)5/h2*7H,3-6H2,1-2H3,(H,12,13,14);2*1-2H3,(H3,4,5)/t2*7-,10-;;/m11../s1. The Hall–Kier alpha value is -2.30. The summed E-state index contributed by atoms with van der Waals surface area (Å²) < 4.78 is 68.7. The highest BCUT2D eigenvalue weighted by Gasteiger charge is 2.65. The van der Waals surface area contributed by atoms with Crippen molar-refractivity contribution in [3.05, 3.63) is 0 Å². The molecule has 4 aliphatic rings. The number of nitrogens with zero attached hydrogens (tertiary/aromatic N) is 2. The fourth-order valence-corrected chi connectivity index (χ4v) is 9.38. The van der Waals surface area contributed by atoms with Crippen molar-refractivity contribution < 1.29 is 44.7 Å². The van der Waals surface area contributed by atoms with E-state index in [1.807, 2.05) is 27.7 Å². The van der Waals surface area contributed by atoms with Gasteiger partial charge in [0.2, 0.25) is 0 Å². The number of hydrogen-bond acceptors (Lipinski definition) is 8. The highest BCUT2D eigenvalue weighted by atomic mass is 32.2. The summed E-state index contributed by atoms with van der Waals surface area (Å²) in [5, 5.41) is 0. The molecule has 16 heteroatoms. The van der Waals surface area contributed by atoms with E-state index in [1.54, 1.807) is 37.3 Å². The molecular weight excluding hydrogens is 588 g/mol. The maximum atomic E-state index is 11.8. The molecule has 4 bridgehead atoms. The van der Waals surface area contributed by atoms with Crippen molar-refractivity contribution in [2.24, 2.45) is 56.4 Å². The number of hydrogen-bond donors (Lipinski definition) is 4. The highest BCUT2D eigenvalue weighted by molar-refractivity contribution is 7.86. The highest BCUT2D eigenvalue weighted by Crippen LogP contribution is 2.65. The van der Waals surface area contributed by atoms with Gasteiger partial charge in [-0.3, -0.25) is 41.7 Å². The molecule has 4 saturated carbocycles. The molecule has 42 heavy (non-hydrogen) atoms. The van der Waals surface area contributed by atoms with Crippen LogP contribution >= 0.6 is 0 Å². The summed E-state index contributed by atoms with van der Waals surface area (Å²) in [5.41, 5.74) is 17.8. The second kappa shape index (κ2) is 12.7. The first-order chi connectivity index (χ1) is 18.7. The van der Waals surface area contributed by atoms with E-state index in [0.29, 0.717) is 37.6 Å². The first-order valence-corrected chi connectivity index (χ1v) is 16.9. The van der Waals surface area contributed by atoms with E-state index in [2.05, 4.69) is 0 Å². The Morgan fingerprint density at radius 3 is 1.05 bits per heavy atom. The van der Waals surface area contributed by atoms with Crippen LogP contribution in [0.2, 0.25) is 0 Å². The van der Waals surface area contributed by atoms with Gasteiger partial charge < -0.3 is 9.11 Å². The number of guanidine groups is 2. The minimum Gasteiger partial charge on any atom is -0.748 e. The van der Waals surface area contributed by atoms with Crippen molar-refractivity contribution in [2.45, 2.75) is 66.2 Å². The zero-order valence-corrected chi connectivity index (χ0v) is 27.7. The number of rotatable bonds is 4. The third-order valence-electron chi connectivity index (χ3n) is 10.2. The Kier molecular flexibility index (Phi) is 11.4. The van der Waals surface area contributed by atoms with E-state index in [9.17, 15) is 35.5 Å². The lowest BCUT2D eigenvalue weighted by molar-refractivity contribution is -0.466. The molecule has 0 heterocycles. The van der Waals surface area contributed by atoms with E-state index in [1.165, 1.54) is 0 Å².